The molecule has 0 bridgehead atoms. The highest BCUT2D eigenvalue weighted by molar-refractivity contribution is 5.93. The van der Waals surface area contributed by atoms with E-state index in [0.29, 0.717) is 42.3 Å². The second-order valence-electron chi connectivity index (χ2n) is 8.05. The van der Waals surface area contributed by atoms with Crippen molar-refractivity contribution in [2.45, 2.75) is 39.0 Å². The standard InChI is InChI=1S/C23H27F2N3O3/c1-14(2)22-19(26-16-4-5-17(24)18(25)13-16)6-7-20(27-22)23(30)28-10-8-15(9-11-28)12-21(29)31-3/h4-7,13-15,26H,8-12H2,1-3H3. The number of likely N-dealkylation sites (tertiary alicyclic amines) is 1. The minimum atomic E-state index is -0.938. The fourth-order valence-electron chi connectivity index (χ4n) is 3.69. The van der Waals surface area contributed by atoms with Crippen LogP contribution < -0.4 is 5.32 Å². The fraction of sp³-hybridized carbons (Fsp3) is 0.435. The van der Waals surface area contributed by atoms with Gasteiger partial charge in [0, 0.05) is 31.3 Å². The molecule has 1 aliphatic heterocycles. The number of ether oxygens (including phenoxy) is 1. The van der Waals surface area contributed by atoms with Crippen molar-refractivity contribution < 1.29 is 23.1 Å². The summed E-state index contributed by atoms with van der Waals surface area (Å²) >= 11 is 0. The summed E-state index contributed by atoms with van der Waals surface area (Å²) in [5, 5.41) is 3.06. The van der Waals surface area contributed by atoms with E-state index in [0.717, 1.165) is 25.0 Å². The van der Waals surface area contributed by atoms with Crippen LogP contribution in [0.25, 0.3) is 0 Å². The molecule has 2 aromatic rings. The number of hydrogen-bond donors (Lipinski definition) is 1. The Hall–Kier alpha value is -3.03. The highest BCUT2D eigenvalue weighted by Crippen LogP contribution is 2.28. The van der Waals surface area contributed by atoms with Crippen LogP contribution in [0.5, 0.6) is 0 Å². The molecular formula is C23H27F2N3O3. The molecule has 1 aromatic carbocycles. The number of esters is 1. The van der Waals surface area contributed by atoms with Crippen LogP contribution in [0.4, 0.5) is 20.2 Å². The number of carbonyl (C=O) groups excluding carboxylic acids is 2. The van der Waals surface area contributed by atoms with Crippen LogP contribution in [0.3, 0.4) is 0 Å². The number of hydrogen-bond acceptors (Lipinski definition) is 5. The molecule has 0 aliphatic carbocycles. The van der Waals surface area contributed by atoms with Crippen molar-refractivity contribution in [3.05, 3.63) is 53.4 Å². The fourth-order valence-corrected chi connectivity index (χ4v) is 3.69. The van der Waals surface area contributed by atoms with E-state index in [1.165, 1.54) is 13.2 Å². The lowest BCUT2D eigenvalue weighted by Gasteiger charge is -2.31. The number of rotatable bonds is 6. The van der Waals surface area contributed by atoms with Crippen LogP contribution in [-0.2, 0) is 9.53 Å². The lowest BCUT2D eigenvalue weighted by Crippen LogP contribution is -2.39. The quantitative estimate of drug-likeness (QED) is 0.675. The van der Waals surface area contributed by atoms with Gasteiger partial charge in [-0.25, -0.2) is 13.8 Å². The van der Waals surface area contributed by atoms with E-state index in [1.54, 1.807) is 17.0 Å². The molecule has 1 aliphatic rings. The number of anilines is 2. The molecule has 0 unspecified atom stereocenters. The van der Waals surface area contributed by atoms with E-state index in [9.17, 15) is 18.4 Å². The molecule has 0 radical (unpaired) electrons. The monoisotopic (exact) mass is 431 g/mol. The van der Waals surface area contributed by atoms with Gasteiger partial charge in [0.1, 0.15) is 5.69 Å². The van der Waals surface area contributed by atoms with Crippen LogP contribution in [0.15, 0.2) is 30.3 Å². The van der Waals surface area contributed by atoms with Gasteiger partial charge in [-0.2, -0.15) is 0 Å². The highest BCUT2D eigenvalue weighted by Gasteiger charge is 2.26. The molecule has 31 heavy (non-hydrogen) atoms. The summed E-state index contributed by atoms with van der Waals surface area (Å²) in [7, 11) is 1.38. The third-order valence-electron chi connectivity index (χ3n) is 5.47. The Morgan fingerprint density at radius 3 is 2.48 bits per heavy atom. The molecule has 166 valence electrons. The number of pyridine rings is 1. The average Bonchev–Trinajstić information content (AvgIpc) is 2.76. The number of nitrogens with zero attached hydrogens (tertiary/aromatic N) is 2. The molecule has 3 rings (SSSR count). The molecule has 0 spiro atoms. The van der Waals surface area contributed by atoms with Gasteiger partial charge in [-0.05, 0) is 48.9 Å². The lowest BCUT2D eigenvalue weighted by atomic mass is 9.93. The predicted molar refractivity (Wildman–Crippen MR) is 113 cm³/mol. The van der Waals surface area contributed by atoms with Crippen LogP contribution in [0.2, 0.25) is 0 Å². The van der Waals surface area contributed by atoms with Gasteiger partial charge in [0.2, 0.25) is 0 Å². The Balaban J connectivity index is 1.72. The molecule has 1 fully saturated rings. The Kier molecular flexibility index (Phi) is 7.20. The molecule has 8 heteroatoms. The Morgan fingerprint density at radius 2 is 1.87 bits per heavy atom. The predicted octanol–water partition coefficient (Wildman–Crippen LogP) is 4.64. The van der Waals surface area contributed by atoms with Crippen LogP contribution in [0, 0.1) is 17.6 Å². The van der Waals surface area contributed by atoms with Crippen LogP contribution in [0.1, 0.15) is 55.2 Å². The zero-order valence-electron chi connectivity index (χ0n) is 18.0. The number of halogens is 2. The van der Waals surface area contributed by atoms with E-state index in [4.69, 9.17) is 4.74 Å². The van der Waals surface area contributed by atoms with E-state index in [-0.39, 0.29) is 23.7 Å². The number of benzene rings is 1. The van der Waals surface area contributed by atoms with Crippen molar-refractivity contribution in [2.24, 2.45) is 5.92 Å². The topological polar surface area (TPSA) is 71.5 Å². The first kappa shape index (κ1) is 22.7. The van der Waals surface area contributed by atoms with Gasteiger partial charge < -0.3 is 15.0 Å². The van der Waals surface area contributed by atoms with Gasteiger partial charge in [0.25, 0.3) is 5.91 Å². The van der Waals surface area contributed by atoms with E-state index >= 15 is 0 Å². The van der Waals surface area contributed by atoms with Crippen molar-refractivity contribution in [3.63, 3.8) is 0 Å². The summed E-state index contributed by atoms with van der Waals surface area (Å²) < 4.78 is 31.4. The highest BCUT2D eigenvalue weighted by atomic mass is 19.2. The number of nitrogens with one attached hydrogen (secondary N) is 1. The molecule has 6 nitrogen and oxygen atoms in total. The van der Waals surface area contributed by atoms with Gasteiger partial charge in [0.15, 0.2) is 11.6 Å². The molecule has 0 saturated carbocycles. The summed E-state index contributed by atoms with van der Waals surface area (Å²) in [6.07, 6.45) is 1.86. The van der Waals surface area contributed by atoms with Crippen molar-refractivity contribution in [1.29, 1.82) is 0 Å². The van der Waals surface area contributed by atoms with Gasteiger partial charge in [-0.15, -0.1) is 0 Å². The maximum absolute atomic E-state index is 13.5. The van der Waals surface area contributed by atoms with Gasteiger partial charge in [-0.3, -0.25) is 9.59 Å². The minimum Gasteiger partial charge on any atom is -0.469 e. The maximum Gasteiger partial charge on any atom is 0.305 e. The van der Waals surface area contributed by atoms with Gasteiger partial charge in [0.05, 0.1) is 18.5 Å². The number of carbonyl (C=O) groups is 2. The van der Waals surface area contributed by atoms with Crippen LogP contribution >= 0.6 is 0 Å². The zero-order chi connectivity index (χ0) is 22.5. The number of aromatic nitrogens is 1. The van der Waals surface area contributed by atoms with Crippen molar-refractivity contribution in [2.75, 3.05) is 25.5 Å². The van der Waals surface area contributed by atoms with Crippen molar-refractivity contribution in [1.82, 2.24) is 9.88 Å². The smallest absolute Gasteiger partial charge is 0.305 e. The average molecular weight is 431 g/mol. The number of methoxy groups -OCH3 is 1. The van der Waals surface area contributed by atoms with E-state index in [1.807, 2.05) is 13.8 Å². The first-order valence-corrected chi connectivity index (χ1v) is 10.4. The number of piperidine rings is 1. The summed E-state index contributed by atoms with van der Waals surface area (Å²) in [5.41, 5.74) is 2.03. The first-order chi connectivity index (χ1) is 14.8. The van der Waals surface area contributed by atoms with Crippen molar-refractivity contribution in [3.8, 4) is 0 Å². The normalized spacial score (nSPS) is 14.6. The SMILES string of the molecule is COC(=O)CC1CCN(C(=O)c2ccc(Nc3ccc(F)c(F)c3)c(C(C)C)n2)CC1. The molecule has 1 saturated heterocycles. The summed E-state index contributed by atoms with van der Waals surface area (Å²) in [6.45, 7) is 5.03. The molecule has 0 atom stereocenters. The summed E-state index contributed by atoms with van der Waals surface area (Å²) in [4.78, 5) is 30.8. The second kappa shape index (κ2) is 9.85. The molecular weight excluding hydrogens is 404 g/mol. The maximum atomic E-state index is 13.5. The largest absolute Gasteiger partial charge is 0.469 e. The van der Waals surface area contributed by atoms with Crippen LogP contribution in [-0.4, -0.2) is 42.0 Å². The van der Waals surface area contributed by atoms with E-state index in [2.05, 4.69) is 10.3 Å². The first-order valence-electron chi connectivity index (χ1n) is 10.4. The Labute approximate surface area is 180 Å². The molecule has 1 N–H and O–H groups in total. The second-order valence-corrected chi connectivity index (χ2v) is 8.05. The molecule has 1 aromatic heterocycles. The van der Waals surface area contributed by atoms with Crippen molar-refractivity contribution >= 4 is 23.3 Å². The zero-order valence-corrected chi connectivity index (χ0v) is 18.0. The van der Waals surface area contributed by atoms with Gasteiger partial charge >= 0.3 is 5.97 Å². The third kappa shape index (κ3) is 5.57. The minimum absolute atomic E-state index is 0.00587. The number of amides is 1. The molecule has 1 amide bonds. The van der Waals surface area contributed by atoms with Gasteiger partial charge in [-0.1, -0.05) is 13.8 Å². The summed E-state index contributed by atoms with van der Waals surface area (Å²) in [6, 6.07) is 6.96. The Morgan fingerprint density at radius 1 is 1.16 bits per heavy atom. The lowest BCUT2D eigenvalue weighted by molar-refractivity contribution is -0.142. The Bertz CT molecular complexity index is 957. The molecule has 2 heterocycles. The van der Waals surface area contributed by atoms with E-state index < -0.39 is 11.6 Å². The summed E-state index contributed by atoms with van der Waals surface area (Å²) in [5.74, 6) is -2.00. The third-order valence-corrected chi connectivity index (χ3v) is 5.47.